The van der Waals surface area contributed by atoms with Crippen molar-refractivity contribution in [1.82, 2.24) is 9.88 Å². The third-order valence-electron chi connectivity index (χ3n) is 6.00. The van der Waals surface area contributed by atoms with Crippen LogP contribution < -0.4 is 0 Å². The summed E-state index contributed by atoms with van der Waals surface area (Å²) in [5.41, 5.74) is 3.45. The van der Waals surface area contributed by atoms with Crippen molar-refractivity contribution in [2.24, 2.45) is 5.92 Å². The first kappa shape index (κ1) is 17.1. The van der Waals surface area contributed by atoms with Gasteiger partial charge in [0.15, 0.2) is 0 Å². The van der Waals surface area contributed by atoms with Crippen LogP contribution in [0.25, 0.3) is 10.9 Å². The largest absolute Gasteiger partial charge is 0.390 e. The van der Waals surface area contributed by atoms with E-state index in [0.29, 0.717) is 0 Å². The first-order valence-electron chi connectivity index (χ1n) is 10.0. The molecule has 3 heteroatoms. The highest BCUT2D eigenvalue weighted by Gasteiger charge is 2.31. The molecule has 25 heavy (non-hydrogen) atoms. The van der Waals surface area contributed by atoms with Crippen molar-refractivity contribution < 1.29 is 5.11 Å². The molecule has 1 unspecified atom stereocenters. The lowest BCUT2D eigenvalue weighted by Gasteiger charge is -2.24. The van der Waals surface area contributed by atoms with E-state index in [0.717, 1.165) is 24.8 Å². The summed E-state index contributed by atoms with van der Waals surface area (Å²) in [7, 11) is 0. The molecule has 0 spiro atoms. The molecule has 2 aliphatic rings. The van der Waals surface area contributed by atoms with E-state index in [9.17, 15) is 5.11 Å². The van der Waals surface area contributed by atoms with Crippen LogP contribution in [0.1, 0.15) is 57.1 Å². The minimum Gasteiger partial charge on any atom is -0.390 e. The Balaban J connectivity index is 1.49. The van der Waals surface area contributed by atoms with Gasteiger partial charge in [-0.15, -0.1) is 0 Å². The number of aliphatic hydroxyl groups is 1. The summed E-state index contributed by atoms with van der Waals surface area (Å²) >= 11 is 0. The van der Waals surface area contributed by atoms with E-state index >= 15 is 0 Å². The van der Waals surface area contributed by atoms with Gasteiger partial charge in [-0.3, -0.25) is 4.90 Å². The molecule has 1 aliphatic heterocycles. The maximum atomic E-state index is 9.99. The topological polar surface area (TPSA) is 39.3 Å². The van der Waals surface area contributed by atoms with Crippen LogP contribution in [0.4, 0.5) is 0 Å². The van der Waals surface area contributed by atoms with Gasteiger partial charge < -0.3 is 10.1 Å². The molecule has 2 fully saturated rings. The molecule has 2 aromatic rings. The fourth-order valence-electron chi connectivity index (χ4n) is 4.25. The zero-order valence-electron chi connectivity index (χ0n) is 15.7. The van der Waals surface area contributed by atoms with E-state index in [2.05, 4.69) is 34.3 Å². The molecule has 0 bridgehead atoms. The van der Waals surface area contributed by atoms with Gasteiger partial charge in [0.2, 0.25) is 0 Å². The molecule has 2 heterocycles. The number of aromatic amines is 1. The van der Waals surface area contributed by atoms with Gasteiger partial charge in [-0.25, -0.2) is 0 Å². The first-order chi connectivity index (χ1) is 12.0. The number of H-pyrrole nitrogens is 1. The molecule has 1 aromatic carbocycles. The van der Waals surface area contributed by atoms with Gasteiger partial charge >= 0.3 is 0 Å². The zero-order valence-corrected chi connectivity index (χ0v) is 15.7. The Morgan fingerprint density at radius 2 is 2.08 bits per heavy atom. The van der Waals surface area contributed by atoms with Crippen LogP contribution in [0.2, 0.25) is 0 Å². The van der Waals surface area contributed by atoms with Crippen molar-refractivity contribution in [2.45, 2.75) is 70.4 Å². The maximum Gasteiger partial charge on any atom is 0.0594 e. The molecule has 0 radical (unpaired) electrons. The standard InChI is InChI=1S/C22H32N2O/c1-22(2,25)10-9-16-7-8-21-20(12-16)18(14-23-21)13-19-4-3-11-24(19)15-17-5-6-17/h7-8,12,14,17,19,23,25H,3-6,9-11,13,15H2,1-2H3. The summed E-state index contributed by atoms with van der Waals surface area (Å²) in [4.78, 5) is 6.21. The Morgan fingerprint density at radius 1 is 1.24 bits per heavy atom. The molecule has 1 atom stereocenters. The Morgan fingerprint density at radius 3 is 2.84 bits per heavy atom. The number of aryl methyl sites for hydroxylation is 1. The van der Waals surface area contributed by atoms with Crippen molar-refractivity contribution in [1.29, 1.82) is 0 Å². The van der Waals surface area contributed by atoms with Gasteiger partial charge in [0.1, 0.15) is 0 Å². The summed E-state index contributed by atoms with van der Waals surface area (Å²) < 4.78 is 0. The molecule has 3 nitrogen and oxygen atoms in total. The number of fused-ring (bicyclic) bond motifs is 1. The predicted octanol–water partition coefficient (Wildman–Crippen LogP) is 4.29. The van der Waals surface area contributed by atoms with Crippen LogP contribution in [-0.2, 0) is 12.8 Å². The van der Waals surface area contributed by atoms with Gasteiger partial charge in [0, 0.05) is 29.7 Å². The van der Waals surface area contributed by atoms with Crippen LogP contribution in [-0.4, -0.2) is 39.7 Å². The number of hydrogen-bond donors (Lipinski definition) is 2. The minimum atomic E-state index is -0.594. The molecule has 4 rings (SSSR count). The van der Waals surface area contributed by atoms with Crippen LogP contribution in [0.5, 0.6) is 0 Å². The Bertz CT molecular complexity index is 723. The lowest BCUT2D eigenvalue weighted by Crippen LogP contribution is -2.32. The molecule has 1 saturated heterocycles. The number of nitrogens with zero attached hydrogens (tertiary/aromatic N) is 1. The van der Waals surface area contributed by atoms with Crippen molar-refractivity contribution in [3.8, 4) is 0 Å². The minimum absolute atomic E-state index is 0.594. The zero-order chi connectivity index (χ0) is 17.4. The Labute approximate surface area is 151 Å². The number of nitrogens with one attached hydrogen (secondary N) is 1. The lowest BCUT2D eigenvalue weighted by molar-refractivity contribution is 0.0714. The summed E-state index contributed by atoms with van der Waals surface area (Å²) in [6.45, 7) is 6.40. The summed E-state index contributed by atoms with van der Waals surface area (Å²) in [6.07, 6.45) is 10.7. The normalized spacial score (nSPS) is 22.1. The van der Waals surface area contributed by atoms with Crippen molar-refractivity contribution in [2.75, 3.05) is 13.1 Å². The number of likely N-dealkylation sites (tertiary alicyclic amines) is 1. The average molecular weight is 341 g/mol. The summed E-state index contributed by atoms with van der Waals surface area (Å²) in [5.74, 6) is 0.983. The van der Waals surface area contributed by atoms with E-state index in [1.807, 2.05) is 13.8 Å². The average Bonchev–Trinajstić information content (AvgIpc) is 3.14. The van der Waals surface area contributed by atoms with Crippen LogP contribution in [0.15, 0.2) is 24.4 Å². The molecule has 1 aromatic heterocycles. The molecular weight excluding hydrogens is 308 g/mol. The summed E-state index contributed by atoms with van der Waals surface area (Å²) in [5, 5.41) is 11.4. The third kappa shape index (κ3) is 4.27. The van der Waals surface area contributed by atoms with E-state index in [1.54, 1.807) is 0 Å². The second-order valence-electron chi connectivity index (χ2n) is 8.94. The van der Waals surface area contributed by atoms with Crippen molar-refractivity contribution in [3.63, 3.8) is 0 Å². The fourth-order valence-corrected chi connectivity index (χ4v) is 4.25. The van der Waals surface area contributed by atoms with E-state index in [-0.39, 0.29) is 0 Å². The smallest absolute Gasteiger partial charge is 0.0594 e. The lowest BCUT2D eigenvalue weighted by atomic mass is 9.96. The quantitative estimate of drug-likeness (QED) is 0.789. The van der Waals surface area contributed by atoms with Crippen LogP contribution >= 0.6 is 0 Å². The molecule has 0 amide bonds. The Hall–Kier alpha value is -1.32. The van der Waals surface area contributed by atoms with Crippen LogP contribution in [0.3, 0.4) is 0 Å². The van der Waals surface area contributed by atoms with Gasteiger partial charge in [0.05, 0.1) is 5.60 Å². The van der Waals surface area contributed by atoms with Crippen molar-refractivity contribution >= 4 is 10.9 Å². The molecule has 136 valence electrons. The molecule has 1 saturated carbocycles. The van der Waals surface area contributed by atoms with Crippen molar-refractivity contribution in [3.05, 3.63) is 35.5 Å². The number of benzene rings is 1. The maximum absolute atomic E-state index is 9.99. The molecule has 2 N–H and O–H groups in total. The van der Waals surface area contributed by atoms with E-state index < -0.39 is 5.60 Å². The van der Waals surface area contributed by atoms with Gasteiger partial charge in [-0.2, -0.15) is 0 Å². The summed E-state index contributed by atoms with van der Waals surface area (Å²) in [6, 6.07) is 7.46. The fraction of sp³-hybridized carbons (Fsp3) is 0.636. The molecular formula is C22H32N2O. The second-order valence-corrected chi connectivity index (χ2v) is 8.94. The number of rotatable bonds is 7. The monoisotopic (exact) mass is 340 g/mol. The highest BCUT2D eigenvalue weighted by atomic mass is 16.3. The SMILES string of the molecule is CC(C)(O)CCc1ccc2[nH]cc(CC3CCCN3CC3CC3)c2c1. The second kappa shape index (κ2) is 6.77. The number of aromatic nitrogens is 1. The van der Waals surface area contributed by atoms with E-state index in [1.165, 1.54) is 67.2 Å². The highest BCUT2D eigenvalue weighted by Crippen LogP contribution is 2.33. The van der Waals surface area contributed by atoms with Gasteiger partial charge in [-0.1, -0.05) is 6.07 Å². The van der Waals surface area contributed by atoms with Crippen LogP contribution in [0, 0.1) is 5.92 Å². The third-order valence-corrected chi connectivity index (χ3v) is 6.00. The first-order valence-corrected chi connectivity index (χ1v) is 10.0. The van der Waals surface area contributed by atoms with Gasteiger partial charge in [0.25, 0.3) is 0 Å². The van der Waals surface area contributed by atoms with E-state index in [4.69, 9.17) is 0 Å². The van der Waals surface area contributed by atoms with Gasteiger partial charge in [-0.05, 0) is 94.5 Å². The Kier molecular flexibility index (Phi) is 4.63. The predicted molar refractivity (Wildman–Crippen MR) is 104 cm³/mol. The molecule has 1 aliphatic carbocycles. The highest BCUT2D eigenvalue weighted by molar-refractivity contribution is 5.84. The number of hydrogen-bond acceptors (Lipinski definition) is 2.